The molecule has 6 nitrogen and oxygen atoms in total. The molecule has 0 saturated carbocycles. The van der Waals surface area contributed by atoms with Crippen molar-refractivity contribution in [3.63, 3.8) is 0 Å². The minimum Gasteiger partial charge on any atom is -0.454 e. The van der Waals surface area contributed by atoms with E-state index in [1.807, 2.05) is 51.1 Å². The second-order valence-corrected chi connectivity index (χ2v) is 7.76. The number of hydrogen-bond donors (Lipinski definition) is 0. The molecule has 156 valence electrons. The van der Waals surface area contributed by atoms with Gasteiger partial charge in [-0.05, 0) is 44.0 Å². The van der Waals surface area contributed by atoms with E-state index in [1.54, 1.807) is 9.58 Å². The summed E-state index contributed by atoms with van der Waals surface area (Å²) in [6.45, 7) is 7.55. The number of nitrogens with zero attached hydrogens (tertiary/aromatic N) is 3. The van der Waals surface area contributed by atoms with Crippen molar-refractivity contribution in [2.24, 2.45) is 0 Å². The molecule has 1 aliphatic heterocycles. The lowest BCUT2D eigenvalue weighted by atomic mass is 10.1. The molecule has 4 rings (SSSR count). The molecular formula is C23H24ClN3O3. The Kier molecular flexibility index (Phi) is 5.68. The molecule has 0 spiro atoms. The van der Waals surface area contributed by atoms with E-state index in [0.29, 0.717) is 41.8 Å². The molecule has 3 aromatic rings. The number of benzene rings is 2. The molecule has 0 unspecified atom stereocenters. The van der Waals surface area contributed by atoms with Crippen molar-refractivity contribution in [3.05, 3.63) is 75.6 Å². The van der Waals surface area contributed by atoms with Crippen LogP contribution in [0.4, 0.5) is 0 Å². The summed E-state index contributed by atoms with van der Waals surface area (Å²) in [5.41, 5.74) is 4.32. The predicted octanol–water partition coefficient (Wildman–Crippen LogP) is 4.59. The summed E-state index contributed by atoms with van der Waals surface area (Å²) in [6, 6.07) is 13.9. The van der Waals surface area contributed by atoms with E-state index in [0.717, 1.165) is 16.9 Å². The molecule has 0 atom stereocenters. The maximum atomic E-state index is 13.3. The molecule has 0 saturated heterocycles. The minimum absolute atomic E-state index is 0.132. The topological polar surface area (TPSA) is 56.6 Å². The van der Waals surface area contributed by atoms with Crippen molar-refractivity contribution in [3.8, 4) is 11.5 Å². The zero-order chi connectivity index (χ0) is 21.3. The number of carbonyl (C=O) groups excluding carboxylic acids is 1. The van der Waals surface area contributed by atoms with Crippen molar-refractivity contribution in [1.82, 2.24) is 14.7 Å². The Bertz CT molecular complexity index is 1080. The van der Waals surface area contributed by atoms with Crippen molar-refractivity contribution >= 4 is 17.5 Å². The van der Waals surface area contributed by atoms with Gasteiger partial charge in [0.15, 0.2) is 11.5 Å². The van der Waals surface area contributed by atoms with Gasteiger partial charge in [-0.25, -0.2) is 4.68 Å². The molecule has 0 bridgehead atoms. The lowest BCUT2D eigenvalue weighted by molar-refractivity contribution is 0.0751. The molecule has 30 heavy (non-hydrogen) atoms. The average molecular weight is 426 g/mol. The Morgan fingerprint density at radius 1 is 1.10 bits per heavy atom. The zero-order valence-electron chi connectivity index (χ0n) is 17.3. The standard InChI is InChI=1S/C23H24ClN3O3/c1-4-26(12-18-9-10-19-20(11-18)30-14-29-19)23(28)21-16(3)25-27(22(21)24)13-17-7-5-15(2)6-8-17/h5-11H,4,12-14H2,1-3H3. The maximum Gasteiger partial charge on any atom is 0.259 e. The minimum atomic E-state index is -0.132. The molecule has 1 aliphatic rings. The van der Waals surface area contributed by atoms with Crippen LogP contribution in [0, 0.1) is 13.8 Å². The number of hydrogen-bond acceptors (Lipinski definition) is 4. The molecule has 7 heteroatoms. The third kappa shape index (κ3) is 4.00. The van der Waals surface area contributed by atoms with Gasteiger partial charge in [-0.1, -0.05) is 47.5 Å². The molecule has 0 fully saturated rings. The number of carbonyl (C=O) groups is 1. The lowest BCUT2D eigenvalue weighted by Gasteiger charge is -2.21. The smallest absolute Gasteiger partial charge is 0.259 e. The van der Waals surface area contributed by atoms with Crippen LogP contribution in [-0.2, 0) is 13.1 Å². The zero-order valence-corrected chi connectivity index (χ0v) is 18.1. The highest BCUT2D eigenvalue weighted by molar-refractivity contribution is 6.33. The van der Waals surface area contributed by atoms with E-state index in [1.165, 1.54) is 5.56 Å². The molecular weight excluding hydrogens is 402 g/mol. The van der Waals surface area contributed by atoms with Gasteiger partial charge in [0.1, 0.15) is 5.15 Å². The molecule has 2 heterocycles. The van der Waals surface area contributed by atoms with E-state index in [9.17, 15) is 4.79 Å². The van der Waals surface area contributed by atoms with Crippen LogP contribution < -0.4 is 9.47 Å². The van der Waals surface area contributed by atoms with Crippen LogP contribution in [-0.4, -0.2) is 33.9 Å². The van der Waals surface area contributed by atoms with Crippen LogP contribution >= 0.6 is 11.6 Å². The second kappa shape index (κ2) is 8.40. The van der Waals surface area contributed by atoms with Gasteiger partial charge >= 0.3 is 0 Å². The highest BCUT2D eigenvalue weighted by Gasteiger charge is 2.25. The average Bonchev–Trinajstić information content (AvgIpc) is 3.31. The van der Waals surface area contributed by atoms with Crippen molar-refractivity contribution in [1.29, 1.82) is 0 Å². The molecule has 1 amide bonds. The Morgan fingerprint density at radius 3 is 2.53 bits per heavy atom. The van der Waals surface area contributed by atoms with Gasteiger partial charge in [-0.15, -0.1) is 0 Å². The first-order chi connectivity index (χ1) is 14.5. The van der Waals surface area contributed by atoms with Crippen molar-refractivity contribution in [2.45, 2.75) is 33.9 Å². The van der Waals surface area contributed by atoms with E-state index >= 15 is 0 Å². The number of rotatable bonds is 6. The first-order valence-electron chi connectivity index (χ1n) is 9.92. The van der Waals surface area contributed by atoms with Crippen LogP contribution in [0.3, 0.4) is 0 Å². The van der Waals surface area contributed by atoms with Gasteiger partial charge < -0.3 is 14.4 Å². The predicted molar refractivity (Wildman–Crippen MR) is 115 cm³/mol. The van der Waals surface area contributed by atoms with Crippen LogP contribution in [0.15, 0.2) is 42.5 Å². The van der Waals surface area contributed by atoms with Crippen LogP contribution in [0.5, 0.6) is 11.5 Å². The summed E-state index contributed by atoms with van der Waals surface area (Å²) in [7, 11) is 0. The molecule has 2 aromatic carbocycles. The van der Waals surface area contributed by atoms with Crippen molar-refractivity contribution in [2.75, 3.05) is 13.3 Å². The van der Waals surface area contributed by atoms with E-state index in [4.69, 9.17) is 21.1 Å². The summed E-state index contributed by atoms with van der Waals surface area (Å²) in [6.07, 6.45) is 0. The number of amides is 1. The Hall–Kier alpha value is -2.99. The number of ether oxygens (including phenoxy) is 2. The number of fused-ring (bicyclic) bond motifs is 1. The molecule has 0 radical (unpaired) electrons. The number of halogens is 1. The molecule has 0 N–H and O–H groups in total. The van der Waals surface area contributed by atoms with E-state index < -0.39 is 0 Å². The normalized spacial score (nSPS) is 12.3. The lowest BCUT2D eigenvalue weighted by Crippen LogP contribution is -2.30. The van der Waals surface area contributed by atoms with Gasteiger partial charge in [0, 0.05) is 13.1 Å². The third-order valence-electron chi connectivity index (χ3n) is 5.21. The van der Waals surface area contributed by atoms with Crippen LogP contribution in [0.2, 0.25) is 5.15 Å². The fraction of sp³-hybridized carbons (Fsp3) is 0.304. The Morgan fingerprint density at radius 2 is 1.80 bits per heavy atom. The molecule has 1 aromatic heterocycles. The monoisotopic (exact) mass is 425 g/mol. The third-order valence-corrected chi connectivity index (χ3v) is 5.60. The Balaban J connectivity index is 1.55. The SMILES string of the molecule is CCN(Cc1ccc2c(c1)OCO2)C(=O)c1c(C)nn(Cc2ccc(C)cc2)c1Cl. The van der Waals surface area contributed by atoms with E-state index in [2.05, 4.69) is 17.2 Å². The number of aromatic nitrogens is 2. The highest BCUT2D eigenvalue weighted by atomic mass is 35.5. The summed E-state index contributed by atoms with van der Waals surface area (Å²) >= 11 is 6.60. The largest absolute Gasteiger partial charge is 0.454 e. The second-order valence-electron chi connectivity index (χ2n) is 7.40. The summed E-state index contributed by atoms with van der Waals surface area (Å²) in [5, 5.41) is 4.88. The first-order valence-corrected chi connectivity index (χ1v) is 10.3. The van der Waals surface area contributed by atoms with Crippen LogP contribution in [0.1, 0.15) is 39.7 Å². The highest BCUT2D eigenvalue weighted by Crippen LogP contribution is 2.33. The number of aryl methyl sites for hydroxylation is 2. The Labute approximate surface area is 181 Å². The molecule has 0 aliphatic carbocycles. The first kappa shape index (κ1) is 20.3. The van der Waals surface area contributed by atoms with Crippen LogP contribution in [0.25, 0.3) is 0 Å². The van der Waals surface area contributed by atoms with E-state index in [-0.39, 0.29) is 12.7 Å². The fourth-order valence-electron chi connectivity index (χ4n) is 3.51. The quantitative estimate of drug-likeness (QED) is 0.579. The summed E-state index contributed by atoms with van der Waals surface area (Å²) in [4.78, 5) is 15.1. The van der Waals surface area contributed by atoms with Gasteiger partial charge in [-0.3, -0.25) is 4.79 Å². The summed E-state index contributed by atoms with van der Waals surface area (Å²) in [5.74, 6) is 1.30. The van der Waals surface area contributed by atoms with Gasteiger partial charge in [0.05, 0.1) is 17.8 Å². The van der Waals surface area contributed by atoms with Gasteiger partial charge in [-0.2, -0.15) is 5.10 Å². The van der Waals surface area contributed by atoms with Crippen molar-refractivity contribution < 1.29 is 14.3 Å². The van der Waals surface area contributed by atoms with Gasteiger partial charge in [0.2, 0.25) is 6.79 Å². The van der Waals surface area contributed by atoms with Gasteiger partial charge in [0.25, 0.3) is 5.91 Å². The maximum absolute atomic E-state index is 13.3. The fourth-order valence-corrected chi connectivity index (χ4v) is 3.83. The summed E-state index contributed by atoms with van der Waals surface area (Å²) < 4.78 is 12.5.